The summed E-state index contributed by atoms with van der Waals surface area (Å²) in [6, 6.07) is 2.61. The van der Waals surface area contributed by atoms with Gasteiger partial charge in [-0.2, -0.15) is 0 Å². The van der Waals surface area contributed by atoms with Gasteiger partial charge in [-0.05, 0) is 30.9 Å². The number of urea groups is 1. The second-order valence-corrected chi connectivity index (χ2v) is 7.28. The van der Waals surface area contributed by atoms with Crippen molar-refractivity contribution in [3.8, 4) is 0 Å². The molecule has 2 atom stereocenters. The van der Waals surface area contributed by atoms with E-state index in [-0.39, 0.29) is 6.04 Å². The van der Waals surface area contributed by atoms with E-state index >= 15 is 0 Å². The Kier molecular flexibility index (Phi) is 6.41. The SMILES string of the molecule is C[C@H]1CCCC[C@@H]1NC(=O)NC(=O)COC(=O)c1ccc(Cl)s1. The molecule has 0 unspecified atom stereocenters. The van der Waals surface area contributed by atoms with E-state index in [1.807, 2.05) is 0 Å². The number of nitrogens with one attached hydrogen (secondary N) is 2. The van der Waals surface area contributed by atoms with Gasteiger partial charge in [-0.25, -0.2) is 9.59 Å². The molecule has 2 rings (SSSR count). The first-order valence-corrected chi connectivity index (χ1v) is 8.68. The number of hydrogen-bond acceptors (Lipinski definition) is 5. The van der Waals surface area contributed by atoms with Crippen LogP contribution in [-0.2, 0) is 9.53 Å². The van der Waals surface area contributed by atoms with Gasteiger partial charge in [0.15, 0.2) is 6.61 Å². The van der Waals surface area contributed by atoms with Crippen LogP contribution in [-0.4, -0.2) is 30.6 Å². The monoisotopic (exact) mass is 358 g/mol. The highest BCUT2D eigenvalue weighted by Gasteiger charge is 2.23. The molecule has 0 spiro atoms. The minimum atomic E-state index is -0.665. The fourth-order valence-electron chi connectivity index (χ4n) is 2.52. The van der Waals surface area contributed by atoms with E-state index in [4.69, 9.17) is 16.3 Å². The number of amides is 3. The molecule has 0 radical (unpaired) electrons. The molecule has 2 N–H and O–H groups in total. The molecule has 0 aromatic carbocycles. The van der Waals surface area contributed by atoms with Crippen molar-refractivity contribution in [3.05, 3.63) is 21.3 Å². The van der Waals surface area contributed by atoms with E-state index in [0.29, 0.717) is 15.1 Å². The van der Waals surface area contributed by atoms with Crippen LogP contribution in [0.5, 0.6) is 0 Å². The lowest BCUT2D eigenvalue weighted by molar-refractivity contribution is -0.123. The Hall–Kier alpha value is -1.60. The maximum absolute atomic E-state index is 11.8. The number of halogens is 1. The van der Waals surface area contributed by atoms with E-state index in [9.17, 15) is 14.4 Å². The molecule has 23 heavy (non-hydrogen) atoms. The molecular formula is C15H19ClN2O4S. The van der Waals surface area contributed by atoms with Gasteiger partial charge in [0.2, 0.25) is 0 Å². The number of hydrogen-bond donors (Lipinski definition) is 2. The van der Waals surface area contributed by atoms with E-state index in [1.165, 1.54) is 12.5 Å². The molecule has 1 fully saturated rings. The van der Waals surface area contributed by atoms with Crippen LogP contribution in [0.1, 0.15) is 42.3 Å². The van der Waals surface area contributed by atoms with Crippen molar-refractivity contribution in [3.63, 3.8) is 0 Å². The molecule has 8 heteroatoms. The normalized spacial score (nSPS) is 20.6. The number of thiophene rings is 1. The van der Waals surface area contributed by atoms with Crippen molar-refractivity contribution >= 4 is 40.8 Å². The third-order valence-electron chi connectivity index (χ3n) is 3.79. The molecule has 0 bridgehead atoms. The molecule has 1 aromatic heterocycles. The van der Waals surface area contributed by atoms with Crippen LogP contribution in [0.25, 0.3) is 0 Å². The third-order valence-corrected chi connectivity index (χ3v) is 5.00. The maximum atomic E-state index is 11.8. The van der Waals surface area contributed by atoms with Gasteiger partial charge in [0, 0.05) is 6.04 Å². The predicted octanol–water partition coefficient (Wildman–Crippen LogP) is 2.96. The highest BCUT2D eigenvalue weighted by molar-refractivity contribution is 7.17. The average Bonchev–Trinajstić information content (AvgIpc) is 2.94. The summed E-state index contributed by atoms with van der Waals surface area (Å²) >= 11 is 6.78. The summed E-state index contributed by atoms with van der Waals surface area (Å²) in [4.78, 5) is 35.4. The minimum Gasteiger partial charge on any atom is -0.451 e. The number of ether oxygens (including phenoxy) is 1. The summed E-state index contributed by atoms with van der Waals surface area (Å²) in [7, 11) is 0. The van der Waals surface area contributed by atoms with E-state index in [2.05, 4.69) is 17.6 Å². The number of imide groups is 1. The third kappa shape index (κ3) is 5.51. The number of carbonyl (C=O) groups excluding carboxylic acids is 3. The van der Waals surface area contributed by atoms with Crippen LogP contribution in [0.3, 0.4) is 0 Å². The minimum absolute atomic E-state index is 0.0763. The fraction of sp³-hybridized carbons (Fsp3) is 0.533. The van der Waals surface area contributed by atoms with Crippen LogP contribution in [0.15, 0.2) is 12.1 Å². The second-order valence-electron chi connectivity index (χ2n) is 5.57. The summed E-state index contributed by atoms with van der Waals surface area (Å²) in [5.74, 6) is -0.911. The molecule has 1 aromatic rings. The zero-order valence-electron chi connectivity index (χ0n) is 12.8. The topological polar surface area (TPSA) is 84.5 Å². The van der Waals surface area contributed by atoms with Crippen molar-refractivity contribution in [2.45, 2.75) is 38.6 Å². The van der Waals surface area contributed by atoms with Gasteiger partial charge in [0.1, 0.15) is 4.88 Å². The number of esters is 1. The van der Waals surface area contributed by atoms with Crippen molar-refractivity contribution < 1.29 is 19.1 Å². The Morgan fingerprint density at radius 1 is 1.30 bits per heavy atom. The van der Waals surface area contributed by atoms with Crippen LogP contribution in [0, 0.1) is 5.92 Å². The summed E-state index contributed by atoms with van der Waals surface area (Å²) < 4.78 is 5.30. The molecule has 0 aliphatic heterocycles. The van der Waals surface area contributed by atoms with Gasteiger partial charge >= 0.3 is 12.0 Å². The predicted molar refractivity (Wildman–Crippen MR) is 87.7 cm³/mol. The largest absolute Gasteiger partial charge is 0.451 e. The Bertz CT molecular complexity index is 590. The van der Waals surface area contributed by atoms with E-state index in [1.54, 1.807) is 6.07 Å². The smallest absolute Gasteiger partial charge is 0.348 e. The average molecular weight is 359 g/mol. The lowest BCUT2D eigenvalue weighted by Gasteiger charge is -2.29. The highest BCUT2D eigenvalue weighted by atomic mass is 35.5. The van der Waals surface area contributed by atoms with Gasteiger partial charge in [-0.3, -0.25) is 10.1 Å². The van der Waals surface area contributed by atoms with Gasteiger partial charge in [0.05, 0.1) is 4.34 Å². The van der Waals surface area contributed by atoms with Crippen LogP contribution in [0.2, 0.25) is 4.34 Å². The standard InChI is InChI=1S/C15H19ClN2O4S/c1-9-4-2-3-5-10(9)17-15(21)18-13(19)8-22-14(20)11-6-7-12(16)23-11/h6-7,9-10H,2-5,8H2,1H3,(H2,17,18,19,21)/t9-,10-/m0/s1. The quantitative estimate of drug-likeness (QED) is 0.810. The number of carbonyl (C=O) groups is 3. The van der Waals surface area contributed by atoms with Crippen LogP contribution in [0.4, 0.5) is 4.79 Å². The van der Waals surface area contributed by atoms with Gasteiger partial charge in [0.25, 0.3) is 5.91 Å². The summed E-state index contributed by atoms with van der Waals surface area (Å²) in [6.07, 6.45) is 4.23. The molecule has 6 nitrogen and oxygen atoms in total. The Morgan fingerprint density at radius 3 is 2.70 bits per heavy atom. The molecule has 1 saturated carbocycles. The first-order valence-electron chi connectivity index (χ1n) is 7.48. The van der Waals surface area contributed by atoms with Gasteiger partial charge in [-0.15, -0.1) is 11.3 Å². The molecular weight excluding hydrogens is 340 g/mol. The number of rotatable bonds is 4. The van der Waals surface area contributed by atoms with Crippen LogP contribution < -0.4 is 10.6 Å². The zero-order chi connectivity index (χ0) is 16.8. The zero-order valence-corrected chi connectivity index (χ0v) is 14.3. The van der Waals surface area contributed by atoms with Gasteiger partial charge < -0.3 is 10.1 Å². The first-order chi connectivity index (χ1) is 11.0. The van der Waals surface area contributed by atoms with Crippen molar-refractivity contribution in [1.29, 1.82) is 0 Å². The molecule has 1 aliphatic carbocycles. The first kappa shape index (κ1) is 17.7. The molecule has 1 heterocycles. The summed E-state index contributed by atoms with van der Waals surface area (Å²) in [5, 5.41) is 4.97. The van der Waals surface area contributed by atoms with Crippen LogP contribution >= 0.6 is 22.9 Å². The van der Waals surface area contributed by atoms with Crippen molar-refractivity contribution in [2.24, 2.45) is 5.92 Å². The van der Waals surface area contributed by atoms with Crippen molar-refractivity contribution in [2.75, 3.05) is 6.61 Å². The summed E-state index contributed by atoms with van der Waals surface area (Å²) in [5.41, 5.74) is 0. The van der Waals surface area contributed by atoms with Gasteiger partial charge in [-0.1, -0.05) is 31.4 Å². The molecule has 3 amide bonds. The Labute approximate surface area is 143 Å². The summed E-state index contributed by atoms with van der Waals surface area (Å²) in [6.45, 7) is 1.57. The molecule has 1 aliphatic rings. The Morgan fingerprint density at radius 2 is 2.04 bits per heavy atom. The lowest BCUT2D eigenvalue weighted by atomic mass is 9.86. The second kappa shape index (κ2) is 8.31. The Balaban J connectivity index is 1.71. The molecule has 0 saturated heterocycles. The molecule has 126 valence electrons. The van der Waals surface area contributed by atoms with E-state index < -0.39 is 24.5 Å². The highest BCUT2D eigenvalue weighted by Crippen LogP contribution is 2.23. The lowest BCUT2D eigenvalue weighted by Crippen LogP contribution is -2.48. The maximum Gasteiger partial charge on any atom is 0.348 e. The van der Waals surface area contributed by atoms with E-state index in [0.717, 1.165) is 30.6 Å². The fourth-order valence-corrected chi connectivity index (χ4v) is 3.46. The van der Waals surface area contributed by atoms with Crippen molar-refractivity contribution in [1.82, 2.24) is 10.6 Å².